The average molecular weight is 145 g/mol. The van der Waals surface area contributed by atoms with Crippen LogP contribution in [0.5, 0.6) is 0 Å². The predicted octanol–water partition coefficient (Wildman–Crippen LogP) is -0.254. The van der Waals surface area contributed by atoms with Crippen LogP contribution in [0.4, 0.5) is 0 Å². The van der Waals surface area contributed by atoms with Gasteiger partial charge < -0.3 is 15.2 Å². The zero-order valence-electron chi connectivity index (χ0n) is 6.34. The molecule has 60 valence electrons. The van der Waals surface area contributed by atoms with Gasteiger partial charge in [0.25, 0.3) is 0 Å². The molecule has 1 rings (SSSR count). The lowest BCUT2D eigenvalue weighted by Gasteiger charge is -2.07. The second-order valence-electron chi connectivity index (χ2n) is 2.65. The predicted molar refractivity (Wildman–Crippen MR) is 38.9 cm³/mol. The van der Waals surface area contributed by atoms with Crippen molar-refractivity contribution in [2.24, 2.45) is 0 Å². The van der Waals surface area contributed by atoms with Crippen molar-refractivity contribution in [3.8, 4) is 0 Å². The molecule has 10 heavy (non-hydrogen) atoms. The molecule has 3 heteroatoms. The fourth-order valence-corrected chi connectivity index (χ4v) is 1.13. The Morgan fingerprint density at radius 2 is 2.50 bits per heavy atom. The first-order chi connectivity index (χ1) is 4.83. The smallest absolute Gasteiger partial charge is 0.0799 e. The monoisotopic (exact) mass is 145 g/mol. The third kappa shape index (κ3) is 2.25. The molecular weight excluding hydrogens is 130 g/mol. The first-order valence-electron chi connectivity index (χ1n) is 3.83. The molecule has 1 aliphatic rings. The molecule has 1 heterocycles. The highest BCUT2D eigenvalue weighted by Gasteiger charge is 2.22. The maximum Gasteiger partial charge on any atom is 0.0799 e. The topological polar surface area (TPSA) is 41.5 Å². The molecule has 1 saturated heterocycles. The Bertz CT molecular complexity index is 97.6. The maximum absolute atomic E-state index is 9.05. The fraction of sp³-hybridized carbons (Fsp3) is 1.00. The summed E-state index contributed by atoms with van der Waals surface area (Å²) in [5, 5.41) is 12.2. The Hall–Kier alpha value is -0.120. The molecule has 0 radical (unpaired) electrons. The van der Waals surface area contributed by atoms with Crippen LogP contribution in [0.15, 0.2) is 0 Å². The Labute approximate surface area is 61.4 Å². The minimum absolute atomic E-state index is 0.231. The van der Waals surface area contributed by atoms with Crippen LogP contribution >= 0.6 is 0 Å². The summed E-state index contributed by atoms with van der Waals surface area (Å²) in [6.07, 6.45) is 0.783. The Kier molecular flexibility index (Phi) is 3.12. The lowest BCUT2D eigenvalue weighted by atomic mass is 10.2. The van der Waals surface area contributed by atoms with Gasteiger partial charge >= 0.3 is 0 Å². The molecule has 3 nitrogen and oxygen atoms in total. The number of rotatable bonds is 3. The highest BCUT2D eigenvalue weighted by atomic mass is 16.5. The van der Waals surface area contributed by atoms with E-state index in [4.69, 9.17) is 9.84 Å². The number of nitrogens with one attached hydrogen (secondary N) is 1. The van der Waals surface area contributed by atoms with Crippen molar-refractivity contribution in [3.63, 3.8) is 0 Å². The van der Waals surface area contributed by atoms with E-state index < -0.39 is 0 Å². The summed E-state index contributed by atoms with van der Waals surface area (Å²) < 4.78 is 5.25. The quantitative estimate of drug-likeness (QED) is 0.575. The minimum atomic E-state index is -0.233. The summed E-state index contributed by atoms with van der Waals surface area (Å²) in [4.78, 5) is 0. The number of aliphatic hydroxyl groups excluding tert-OH is 1. The van der Waals surface area contributed by atoms with Gasteiger partial charge in [-0.05, 0) is 6.54 Å². The summed E-state index contributed by atoms with van der Waals surface area (Å²) in [5.41, 5.74) is 0. The van der Waals surface area contributed by atoms with Gasteiger partial charge in [0.15, 0.2) is 0 Å². The maximum atomic E-state index is 9.05. The van der Waals surface area contributed by atoms with Crippen LogP contribution in [0.2, 0.25) is 0 Å². The van der Waals surface area contributed by atoms with Crippen molar-refractivity contribution >= 4 is 0 Å². The van der Waals surface area contributed by atoms with Gasteiger partial charge in [0.1, 0.15) is 0 Å². The van der Waals surface area contributed by atoms with E-state index in [2.05, 4.69) is 12.2 Å². The molecule has 0 unspecified atom stereocenters. The van der Waals surface area contributed by atoms with E-state index >= 15 is 0 Å². The van der Waals surface area contributed by atoms with Crippen LogP contribution < -0.4 is 5.32 Å². The first-order valence-corrected chi connectivity index (χ1v) is 3.83. The van der Waals surface area contributed by atoms with Gasteiger partial charge in [0.05, 0.1) is 18.8 Å². The molecule has 0 spiro atoms. The van der Waals surface area contributed by atoms with Crippen molar-refractivity contribution in [1.82, 2.24) is 5.32 Å². The SMILES string of the molecule is CCNC[C@H]1C[C@H](O)CO1. The van der Waals surface area contributed by atoms with E-state index in [0.717, 1.165) is 19.5 Å². The molecular formula is C7H15NO2. The van der Waals surface area contributed by atoms with Gasteiger partial charge in [-0.2, -0.15) is 0 Å². The van der Waals surface area contributed by atoms with Gasteiger partial charge in [-0.1, -0.05) is 6.92 Å². The number of hydrogen-bond acceptors (Lipinski definition) is 3. The molecule has 0 saturated carbocycles. The van der Waals surface area contributed by atoms with Crippen LogP contribution in [-0.4, -0.2) is 37.0 Å². The van der Waals surface area contributed by atoms with E-state index in [-0.39, 0.29) is 12.2 Å². The van der Waals surface area contributed by atoms with E-state index in [0.29, 0.717) is 6.61 Å². The highest BCUT2D eigenvalue weighted by Crippen LogP contribution is 2.11. The number of hydrogen-bond donors (Lipinski definition) is 2. The number of likely N-dealkylation sites (N-methyl/N-ethyl adjacent to an activating group) is 1. The molecule has 0 amide bonds. The number of aliphatic hydroxyl groups is 1. The second-order valence-corrected chi connectivity index (χ2v) is 2.65. The Morgan fingerprint density at radius 1 is 1.70 bits per heavy atom. The van der Waals surface area contributed by atoms with Gasteiger partial charge in [-0.25, -0.2) is 0 Å². The first kappa shape index (κ1) is 7.98. The Morgan fingerprint density at radius 3 is 3.00 bits per heavy atom. The van der Waals surface area contributed by atoms with Gasteiger partial charge in [0.2, 0.25) is 0 Å². The lowest BCUT2D eigenvalue weighted by Crippen LogP contribution is -2.26. The third-order valence-corrected chi connectivity index (χ3v) is 1.68. The van der Waals surface area contributed by atoms with Gasteiger partial charge in [-0.15, -0.1) is 0 Å². The summed E-state index contributed by atoms with van der Waals surface area (Å²) in [7, 11) is 0. The third-order valence-electron chi connectivity index (χ3n) is 1.68. The highest BCUT2D eigenvalue weighted by molar-refractivity contribution is 4.73. The van der Waals surface area contributed by atoms with Gasteiger partial charge in [-0.3, -0.25) is 0 Å². The minimum Gasteiger partial charge on any atom is -0.391 e. The van der Waals surface area contributed by atoms with Crippen molar-refractivity contribution in [2.45, 2.75) is 25.6 Å². The van der Waals surface area contributed by atoms with E-state index in [1.807, 2.05) is 0 Å². The molecule has 1 fully saturated rings. The lowest BCUT2D eigenvalue weighted by molar-refractivity contribution is 0.0886. The van der Waals surface area contributed by atoms with Crippen LogP contribution in [0, 0.1) is 0 Å². The van der Waals surface area contributed by atoms with Gasteiger partial charge in [0, 0.05) is 13.0 Å². The Balaban J connectivity index is 2.06. The largest absolute Gasteiger partial charge is 0.391 e. The molecule has 0 bridgehead atoms. The average Bonchev–Trinajstić information content (AvgIpc) is 2.31. The standard InChI is InChI=1S/C7H15NO2/c1-2-8-4-7-3-6(9)5-10-7/h6-9H,2-5H2,1H3/t6-,7+/m0/s1. The summed E-state index contributed by atoms with van der Waals surface area (Å²) in [6.45, 7) is 4.41. The molecule has 0 aliphatic carbocycles. The molecule has 2 N–H and O–H groups in total. The number of ether oxygens (including phenoxy) is 1. The van der Waals surface area contributed by atoms with Crippen LogP contribution in [0.3, 0.4) is 0 Å². The second kappa shape index (κ2) is 3.91. The summed E-state index contributed by atoms with van der Waals surface area (Å²) in [5.74, 6) is 0. The van der Waals surface area contributed by atoms with Crippen LogP contribution in [0.1, 0.15) is 13.3 Å². The van der Waals surface area contributed by atoms with Crippen molar-refractivity contribution in [1.29, 1.82) is 0 Å². The van der Waals surface area contributed by atoms with E-state index in [1.54, 1.807) is 0 Å². The zero-order chi connectivity index (χ0) is 7.40. The molecule has 0 aromatic heterocycles. The van der Waals surface area contributed by atoms with Crippen molar-refractivity contribution in [2.75, 3.05) is 19.7 Å². The summed E-state index contributed by atoms with van der Waals surface area (Å²) >= 11 is 0. The van der Waals surface area contributed by atoms with E-state index in [9.17, 15) is 0 Å². The molecule has 0 aromatic rings. The molecule has 2 atom stereocenters. The van der Waals surface area contributed by atoms with Crippen LogP contribution in [-0.2, 0) is 4.74 Å². The van der Waals surface area contributed by atoms with Crippen molar-refractivity contribution in [3.05, 3.63) is 0 Å². The molecule has 1 aliphatic heterocycles. The zero-order valence-corrected chi connectivity index (χ0v) is 6.34. The van der Waals surface area contributed by atoms with E-state index in [1.165, 1.54) is 0 Å². The normalized spacial score (nSPS) is 33.0. The molecule has 0 aromatic carbocycles. The van der Waals surface area contributed by atoms with Crippen molar-refractivity contribution < 1.29 is 9.84 Å². The van der Waals surface area contributed by atoms with Crippen LogP contribution in [0.25, 0.3) is 0 Å². The summed E-state index contributed by atoms with van der Waals surface area (Å²) in [6, 6.07) is 0. The fourth-order valence-electron chi connectivity index (χ4n) is 1.13.